The van der Waals surface area contributed by atoms with E-state index in [1.54, 1.807) is 31.3 Å². The molecule has 1 aliphatic rings. The maximum Gasteiger partial charge on any atom is 0.226 e. The smallest absolute Gasteiger partial charge is 0.226 e. The zero-order chi connectivity index (χ0) is 33.4. The van der Waals surface area contributed by atoms with Crippen molar-refractivity contribution in [3.63, 3.8) is 0 Å². The Kier molecular flexibility index (Phi) is 11.3. The van der Waals surface area contributed by atoms with Crippen LogP contribution in [0.15, 0.2) is 91.0 Å². The third-order valence-electron chi connectivity index (χ3n) is 9.85. The van der Waals surface area contributed by atoms with Gasteiger partial charge in [0.25, 0.3) is 0 Å². The lowest BCUT2D eigenvalue weighted by atomic mass is 9.67. The molecule has 4 aromatic carbocycles. The number of rotatable bonds is 14. The number of anilines is 1. The summed E-state index contributed by atoms with van der Waals surface area (Å²) in [6, 6.07) is 30.3. The highest BCUT2D eigenvalue weighted by molar-refractivity contribution is 6.31. The summed E-state index contributed by atoms with van der Waals surface area (Å²) in [4.78, 5) is 14.9. The molecule has 1 N–H and O–H groups in total. The minimum Gasteiger partial charge on any atom is -0.493 e. The summed E-state index contributed by atoms with van der Waals surface area (Å²) in [5, 5.41) is 3.85. The number of nitrogens with one attached hydrogen (secondary N) is 1. The molecule has 1 unspecified atom stereocenters. The molecule has 1 atom stereocenters. The van der Waals surface area contributed by atoms with Gasteiger partial charge in [-0.1, -0.05) is 85.6 Å². The molecule has 1 amide bonds. The molecule has 0 aliphatic carbocycles. The Balaban J connectivity index is 1.45. The number of amides is 1. The van der Waals surface area contributed by atoms with Crippen molar-refractivity contribution >= 4 is 23.2 Å². The first-order valence-electron chi connectivity index (χ1n) is 16.6. The van der Waals surface area contributed by atoms with Crippen LogP contribution < -0.4 is 19.7 Å². The number of carbonyl (C=O) groups is 1. The van der Waals surface area contributed by atoms with E-state index in [0.717, 1.165) is 56.6 Å². The highest BCUT2D eigenvalue weighted by Gasteiger charge is 2.37. The van der Waals surface area contributed by atoms with E-state index in [9.17, 15) is 9.18 Å². The molecule has 0 saturated carbocycles. The van der Waals surface area contributed by atoms with Crippen molar-refractivity contribution in [1.82, 2.24) is 5.32 Å². The zero-order valence-corrected chi connectivity index (χ0v) is 28.7. The Labute approximate surface area is 284 Å². The number of carbonyl (C=O) groups excluding carboxylic acids is 1. The molecule has 7 heteroatoms. The van der Waals surface area contributed by atoms with Crippen LogP contribution in [0.5, 0.6) is 11.5 Å². The van der Waals surface area contributed by atoms with Gasteiger partial charge in [0.15, 0.2) is 11.5 Å². The maximum absolute atomic E-state index is 14.0. The third kappa shape index (κ3) is 7.50. The first-order chi connectivity index (χ1) is 22.7. The van der Waals surface area contributed by atoms with Gasteiger partial charge in [-0.15, -0.1) is 0 Å². The largest absolute Gasteiger partial charge is 0.493 e. The number of methoxy groups -OCH3 is 2. The molecule has 0 saturated heterocycles. The molecule has 0 fully saturated rings. The summed E-state index contributed by atoms with van der Waals surface area (Å²) in [7, 11) is 3.37. The monoisotopic (exact) mass is 656 g/mol. The van der Waals surface area contributed by atoms with Crippen molar-refractivity contribution in [1.29, 1.82) is 0 Å². The van der Waals surface area contributed by atoms with Crippen molar-refractivity contribution < 1.29 is 18.7 Å². The van der Waals surface area contributed by atoms with Gasteiger partial charge >= 0.3 is 0 Å². The van der Waals surface area contributed by atoms with Gasteiger partial charge in [0, 0.05) is 36.2 Å². The van der Waals surface area contributed by atoms with E-state index in [-0.39, 0.29) is 21.9 Å². The van der Waals surface area contributed by atoms with E-state index in [2.05, 4.69) is 85.0 Å². The lowest BCUT2D eigenvalue weighted by molar-refractivity contribution is -0.118. The lowest BCUT2D eigenvalue weighted by Crippen LogP contribution is -2.45. The fraction of sp³-hybridized carbons (Fsp3) is 0.375. The van der Waals surface area contributed by atoms with Gasteiger partial charge in [-0.2, -0.15) is 0 Å². The molecule has 5 nitrogen and oxygen atoms in total. The van der Waals surface area contributed by atoms with E-state index in [1.165, 1.54) is 28.3 Å². The highest BCUT2D eigenvalue weighted by atomic mass is 35.5. The second-order valence-corrected chi connectivity index (χ2v) is 13.0. The molecule has 248 valence electrons. The van der Waals surface area contributed by atoms with Gasteiger partial charge in [-0.25, -0.2) is 4.39 Å². The van der Waals surface area contributed by atoms with Crippen LogP contribution in [0.4, 0.5) is 10.1 Å². The number of fused-ring (bicyclic) bond motifs is 1. The van der Waals surface area contributed by atoms with Crippen molar-refractivity contribution in [3.05, 3.63) is 124 Å². The average molecular weight is 657 g/mol. The van der Waals surface area contributed by atoms with Crippen molar-refractivity contribution in [3.8, 4) is 11.5 Å². The fourth-order valence-electron chi connectivity index (χ4n) is 7.34. The standard InChI is InChI=1S/C40H46ClFN2O3/c1-5-38(45)44(32-18-19-35(42)34(41)27-32)25-13-23-40(30-14-8-6-9-15-30,31-16-10-7-11-17-31)22-12-21-39(2)33-28-37(47-4)36(46-3)26-29(33)20-24-43-39/h6-11,14-19,26-28,43H,5,12-13,20-25H2,1-4H3. The molecule has 4 aromatic rings. The van der Waals surface area contributed by atoms with Crippen molar-refractivity contribution in [2.45, 2.75) is 69.7 Å². The molecule has 0 bridgehead atoms. The summed E-state index contributed by atoms with van der Waals surface area (Å²) in [5.41, 5.74) is 5.19. The van der Waals surface area contributed by atoms with Crippen LogP contribution >= 0.6 is 11.6 Å². The van der Waals surface area contributed by atoms with Crippen LogP contribution in [0.2, 0.25) is 5.02 Å². The molecule has 0 radical (unpaired) electrons. The number of nitrogens with zero attached hydrogens (tertiary/aromatic N) is 1. The third-order valence-corrected chi connectivity index (χ3v) is 10.1. The van der Waals surface area contributed by atoms with E-state index in [4.69, 9.17) is 21.1 Å². The second kappa shape index (κ2) is 15.4. The molecule has 1 heterocycles. The molecular weight excluding hydrogens is 611 g/mol. The van der Waals surface area contributed by atoms with Crippen LogP contribution in [0.1, 0.15) is 74.6 Å². The number of hydrogen-bond donors (Lipinski definition) is 1. The molecule has 0 aromatic heterocycles. The van der Waals surface area contributed by atoms with Crippen molar-refractivity contribution in [2.75, 3.05) is 32.2 Å². The second-order valence-electron chi connectivity index (χ2n) is 12.6. The quantitative estimate of drug-likeness (QED) is 0.147. The Bertz CT molecular complexity index is 1610. The lowest BCUT2D eigenvalue weighted by Gasteiger charge is -2.40. The summed E-state index contributed by atoms with van der Waals surface area (Å²) < 4.78 is 25.3. The van der Waals surface area contributed by atoms with Crippen LogP contribution in [0.3, 0.4) is 0 Å². The first-order valence-corrected chi connectivity index (χ1v) is 17.0. The van der Waals surface area contributed by atoms with Crippen molar-refractivity contribution in [2.24, 2.45) is 0 Å². The summed E-state index contributed by atoms with van der Waals surface area (Å²) in [5.74, 6) is 1.01. The fourth-order valence-corrected chi connectivity index (χ4v) is 7.52. The number of hydrogen-bond acceptors (Lipinski definition) is 4. The molecular formula is C40H46ClFN2O3. The minimum atomic E-state index is -0.493. The van der Waals surface area contributed by atoms with Gasteiger partial charge in [0.1, 0.15) is 5.82 Å². The predicted octanol–water partition coefficient (Wildman–Crippen LogP) is 9.24. The predicted molar refractivity (Wildman–Crippen MR) is 189 cm³/mol. The maximum atomic E-state index is 14.0. The number of ether oxygens (including phenoxy) is 2. The van der Waals surface area contributed by atoms with E-state index in [0.29, 0.717) is 18.7 Å². The van der Waals surface area contributed by atoms with Gasteiger partial charge in [0.2, 0.25) is 5.91 Å². The molecule has 47 heavy (non-hydrogen) atoms. The van der Waals surface area contributed by atoms with Gasteiger partial charge in [-0.3, -0.25) is 4.79 Å². The zero-order valence-electron chi connectivity index (χ0n) is 28.0. The van der Waals surface area contributed by atoms with E-state index >= 15 is 0 Å². The SMILES string of the molecule is CCC(=O)N(CCCC(CCCC1(C)NCCc2cc(OC)c(OC)cc21)(c1ccccc1)c1ccccc1)c1ccc(F)c(Cl)c1. The van der Waals surface area contributed by atoms with Gasteiger partial charge in [-0.05, 0) is 91.6 Å². The Morgan fingerprint density at radius 1 is 0.915 bits per heavy atom. The first kappa shape index (κ1) is 34.5. The summed E-state index contributed by atoms with van der Waals surface area (Å²) >= 11 is 6.14. The van der Waals surface area contributed by atoms with Crippen LogP contribution in [-0.4, -0.2) is 33.2 Å². The van der Waals surface area contributed by atoms with E-state index < -0.39 is 5.82 Å². The number of halogens is 2. The van der Waals surface area contributed by atoms with Crippen LogP contribution in [-0.2, 0) is 22.2 Å². The molecule has 1 aliphatic heterocycles. The highest BCUT2D eigenvalue weighted by Crippen LogP contribution is 2.44. The van der Waals surface area contributed by atoms with E-state index in [1.807, 2.05) is 6.92 Å². The number of benzene rings is 4. The molecule has 5 rings (SSSR count). The summed E-state index contributed by atoms with van der Waals surface area (Å²) in [6.45, 7) is 5.55. The average Bonchev–Trinajstić information content (AvgIpc) is 3.10. The van der Waals surface area contributed by atoms with Gasteiger partial charge in [0.05, 0.1) is 19.2 Å². The topological polar surface area (TPSA) is 50.8 Å². The Morgan fingerprint density at radius 2 is 1.53 bits per heavy atom. The minimum absolute atomic E-state index is 0.0141. The summed E-state index contributed by atoms with van der Waals surface area (Å²) in [6.07, 6.45) is 5.69. The Hall–Kier alpha value is -3.87. The van der Waals surface area contributed by atoms with Crippen LogP contribution in [0, 0.1) is 5.82 Å². The Morgan fingerprint density at radius 3 is 2.13 bits per heavy atom. The van der Waals surface area contributed by atoms with Crippen LogP contribution in [0.25, 0.3) is 0 Å². The normalized spacial score (nSPS) is 16.0. The molecule has 0 spiro atoms. The van der Waals surface area contributed by atoms with Gasteiger partial charge < -0.3 is 19.7 Å².